The summed E-state index contributed by atoms with van der Waals surface area (Å²) in [6.07, 6.45) is 5.00. The molecule has 0 atom stereocenters. The highest BCUT2D eigenvalue weighted by molar-refractivity contribution is 5.40. The van der Waals surface area contributed by atoms with E-state index in [0.29, 0.717) is 0 Å². The van der Waals surface area contributed by atoms with Crippen LogP contribution in [0.15, 0.2) is 42.9 Å². The lowest BCUT2D eigenvalue weighted by atomic mass is 10.2. The van der Waals surface area contributed by atoms with E-state index < -0.39 is 0 Å². The van der Waals surface area contributed by atoms with E-state index in [-0.39, 0.29) is 0 Å². The SMILES string of the molecule is Nc1ccc(CNc2cnccn2)cc1. The Hall–Kier alpha value is -2.10. The fourth-order valence-electron chi connectivity index (χ4n) is 1.22. The van der Waals surface area contributed by atoms with Gasteiger partial charge in [0.15, 0.2) is 0 Å². The van der Waals surface area contributed by atoms with Crippen LogP contribution < -0.4 is 11.1 Å². The second-order valence-corrected chi connectivity index (χ2v) is 3.19. The third-order valence-corrected chi connectivity index (χ3v) is 2.02. The van der Waals surface area contributed by atoms with Crippen molar-refractivity contribution >= 4 is 11.5 Å². The van der Waals surface area contributed by atoms with Crippen LogP contribution in [0.4, 0.5) is 11.5 Å². The Balaban J connectivity index is 1.96. The third kappa shape index (κ3) is 2.67. The zero-order chi connectivity index (χ0) is 10.5. The molecule has 0 bridgehead atoms. The maximum Gasteiger partial charge on any atom is 0.144 e. The molecule has 1 aromatic carbocycles. The van der Waals surface area contributed by atoms with Crippen LogP contribution in [0.5, 0.6) is 0 Å². The molecule has 76 valence electrons. The standard InChI is InChI=1S/C11H12N4/c12-10-3-1-9(2-4-10)7-15-11-8-13-5-6-14-11/h1-6,8H,7,12H2,(H,14,15). The molecule has 0 saturated carbocycles. The first-order valence-corrected chi connectivity index (χ1v) is 4.69. The zero-order valence-corrected chi connectivity index (χ0v) is 8.22. The van der Waals surface area contributed by atoms with Gasteiger partial charge in [0.25, 0.3) is 0 Å². The van der Waals surface area contributed by atoms with Crippen molar-refractivity contribution in [3.05, 3.63) is 48.4 Å². The molecular formula is C11H12N4. The molecule has 0 aliphatic rings. The van der Waals surface area contributed by atoms with Crippen molar-refractivity contribution in [2.45, 2.75) is 6.54 Å². The summed E-state index contributed by atoms with van der Waals surface area (Å²) in [6.45, 7) is 0.721. The quantitative estimate of drug-likeness (QED) is 0.740. The van der Waals surface area contributed by atoms with Crippen LogP contribution in [0, 0.1) is 0 Å². The number of nitrogens with zero attached hydrogens (tertiary/aromatic N) is 2. The summed E-state index contributed by atoms with van der Waals surface area (Å²) < 4.78 is 0. The number of anilines is 2. The first kappa shape index (κ1) is 9.45. The fourth-order valence-corrected chi connectivity index (χ4v) is 1.22. The number of nitrogens with one attached hydrogen (secondary N) is 1. The monoisotopic (exact) mass is 200 g/mol. The molecule has 4 heteroatoms. The highest BCUT2D eigenvalue weighted by Gasteiger charge is 1.94. The molecule has 4 nitrogen and oxygen atoms in total. The number of hydrogen-bond acceptors (Lipinski definition) is 4. The number of nitrogen functional groups attached to an aromatic ring is 1. The van der Waals surface area contributed by atoms with Gasteiger partial charge in [0, 0.05) is 24.6 Å². The molecule has 3 N–H and O–H groups in total. The van der Waals surface area contributed by atoms with Crippen LogP contribution >= 0.6 is 0 Å². The molecule has 2 rings (SSSR count). The molecule has 0 unspecified atom stereocenters. The van der Waals surface area contributed by atoms with E-state index in [4.69, 9.17) is 5.73 Å². The Bertz CT molecular complexity index is 410. The summed E-state index contributed by atoms with van der Waals surface area (Å²) in [5.74, 6) is 0.773. The van der Waals surface area contributed by atoms with Gasteiger partial charge in [0.2, 0.25) is 0 Å². The highest BCUT2D eigenvalue weighted by Crippen LogP contribution is 2.07. The highest BCUT2D eigenvalue weighted by atomic mass is 15.0. The van der Waals surface area contributed by atoms with Gasteiger partial charge in [-0.3, -0.25) is 4.98 Å². The van der Waals surface area contributed by atoms with Gasteiger partial charge in [-0.25, -0.2) is 4.98 Å². The first-order valence-electron chi connectivity index (χ1n) is 4.69. The summed E-state index contributed by atoms with van der Waals surface area (Å²) in [6, 6.07) is 7.73. The van der Waals surface area contributed by atoms with E-state index >= 15 is 0 Å². The molecular weight excluding hydrogens is 188 g/mol. The normalized spacial score (nSPS) is 9.87. The van der Waals surface area contributed by atoms with Gasteiger partial charge in [-0.15, -0.1) is 0 Å². The lowest BCUT2D eigenvalue weighted by Crippen LogP contribution is -2.01. The van der Waals surface area contributed by atoms with Gasteiger partial charge >= 0.3 is 0 Å². The van der Waals surface area contributed by atoms with Gasteiger partial charge in [-0.05, 0) is 17.7 Å². The molecule has 0 aliphatic heterocycles. The van der Waals surface area contributed by atoms with E-state index in [0.717, 1.165) is 23.6 Å². The van der Waals surface area contributed by atoms with E-state index in [1.807, 2.05) is 24.3 Å². The van der Waals surface area contributed by atoms with Crippen LogP contribution in [0.1, 0.15) is 5.56 Å². The maximum atomic E-state index is 5.59. The Kier molecular flexibility index (Phi) is 2.78. The topological polar surface area (TPSA) is 63.8 Å². The molecule has 1 heterocycles. The fraction of sp³-hybridized carbons (Fsp3) is 0.0909. The average molecular weight is 200 g/mol. The van der Waals surface area contributed by atoms with Gasteiger partial charge in [-0.1, -0.05) is 12.1 Å². The predicted octanol–water partition coefficient (Wildman–Crippen LogP) is 1.67. The molecule has 0 amide bonds. The molecule has 0 aliphatic carbocycles. The minimum atomic E-state index is 0.721. The van der Waals surface area contributed by atoms with Crippen LogP contribution in [0.2, 0.25) is 0 Å². The maximum absolute atomic E-state index is 5.59. The Labute approximate surface area is 88.2 Å². The van der Waals surface area contributed by atoms with Gasteiger partial charge in [0.05, 0.1) is 6.20 Å². The van der Waals surface area contributed by atoms with Crippen molar-refractivity contribution in [1.82, 2.24) is 9.97 Å². The first-order chi connectivity index (χ1) is 7.34. The van der Waals surface area contributed by atoms with Crippen LogP contribution in [0.3, 0.4) is 0 Å². The smallest absolute Gasteiger partial charge is 0.144 e. The molecule has 0 fully saturated rings. The molecule has 0 saturated heterocycles. The summed E-state index contributed by atoms with van der Waals surface area (Å²) >= 11 is 0. The summed E-state index contributed by atoms with van der Waals surface area (Å²) in [5.41, 5.74) is 7.53. The number of rotatable bonds is 3. The van der Waals surface area contributed by atoms with Crippen molar-refractivity contribution in [3.63, 3.8) is 0 Å². The molecule has 0 spiro atoms. The average Bonchev–Trinajstić information content (AvgIpc) is 2.30. The van der Waals surface area contributed by atoms with Crippen molar-refractivity contribution in [3.8, 4) is 0 Å². The summed E-state index contributed by atoms with van der Waals surface area (Å²) in [4.78, 5) is 8.08. The van der Waals surface area contributed by atoms with Crippen LogP contribution in [0.25, 0.3) is 0 Å². The zero-order valence-electron chi connectivity index (χ0n) is 8.22. The Morgan fingerprint density at radius 2 is 1.93 bits per heavy atom. The van der Waals surface area contributed by atoms with Gasteiger partial charge < -0.3 is 11.1 Å². The molecule has 2 aromatic rings. The van der Waals surface area contributed by atoms with E-state index in [1.165, 1.54) is 0 Å². The minimum Gasteiger partial charge on any atom is -0.399 e. The summed E-state index contributed by atoms with van der Waals surface area (Å²) in [5, 5.41) is 3.17. The van der Waals surface area contributed by atoms with E-state index in [1.54, 1.807) is 18.6 Å². The number of hydrogen-bond donors (Lipinski definition) is 2. The molecule has 1 aromatic heterocycles. The van der Waals surface area contributed by atoms with Crippen LogP contribution in [-0.2, 0) is 6.54 Å². The molecule has 0 radical (unpaired) electrons. The lowest BCUT2D eigenvalue weighted by Gasteiger charge is -2.04. The largest absolute Gasteiger partial charge is 0.399 e. The number of nitrogens with two attached hydrogens (primary N) is 1. The summed E-state index contributed by atoms with van der Waals surface area (Å²) in [7, 11) is 0. The second kappa shape index (κ2) is 4.41. The van der Waals surface area contributed by atoms with Gasteiger partial charge in [-0.2, -0.15) is 0 Å². The Morgan fingerprint density at radius 3 is 2.60 bits per heavy atom. The minimum absolute atomic E-state index is 0.721. The lowest BCUT2D eigenvalue weighted by molar-refractivity contribution is 1.09. The predicted molar refractivity (Wildman–Crippen MR) is 60.2 cm³/mol. The number of aromatic nitrogens is 2. The van der Waals surface area contributed by atoms with E-state index in [2.05, 4.69) is 15.3 Å². The van der Waals surface area contributed by atoms with Crippen molar-refractivity contribution in [1.29, 1.82) is 0 Å². The van der Waals surface area contributed by atoms with Crippen molar-refractivity contribution in [2.75, 3.05) is 11.1 Å². The molecule has 15 heavy (non-hydrogen) atoms. The third-order valence-electron chi connectivity index (χ3n) is 2.02. The van der Waals surface area contributed by atoms with Gasteiger partial charge in [0.1, 0.15) is 5.82 Å². The van der Waals surface area contributed by atoms with E-state index in [9.17, 15) is 0 Å². The van der Waals surface area contributed by atoms with Crippen LogP contribution in [-0.4, -0.2) is 9.97 Å². The Morgan fingerprint density at radius 1 is 1.13 bits per heavy atom. The van der Waals surface area contributed by atoms with Crippen molar-refractivity contribution < 1.29 is 0 Å². The second-order valence-electron chi connectivity index (χ2n) is 3.19. The van der Waals surface area contributed by atoms with Crippen molar-refractivity contribution in [2.24, 2.45) is 0 Å². The number of benzene rings is 1.